The standard InChI is InChI=1S/C66H64N2/c1-43-22-24-47(45-26-32-51(33-27-45)64(3,4)5)40-58(43)67(54-18-14-12-15-19-54)60-42-61(57-37-31-50-39-53(66(9,10)11)38-49-30-36-56(60)63(57)62(49)50)68(55-20-16-13-17-21-55)59-41-48(25-23-44(59)2)46-28-34-52(35-29-46)65(6,7)8/h12-42H,1-11H3. The third-order valence-corrected chi connectivity index (χ3v) is 14.1. The fourth-order valence-corrected chi connectivity index (χ4v) is 10.0. The van der Waals surface area contributed by atoms with Crippen molar-refractivity contribution in [2.75, 3.05) is 9.80 Å². The first-order valence-corrected chi connectivity index (χ1v) is 24.3. The van der Waals surface area contributed by atoms with Gasteiger partial charge in [-0.05, 0) is 139 Å². The summed E-state index contributed by atoms with van der Waals surface area (Å²) in [5.41, 5.74) is 18.1. The Morgan fingerprint density at radius 2 is 0.662 bits per heavy atom. The summed E-state index contributed by atoms with van der Waals surface area (Å²) in [6.07, 6.45) is 0. The Morgan fingerprint density at radius 1 is 0.294 bits per heavy atom. The molecule has 0 saturated heterocycles. The predicted octanol–water partition coefficient (Wildman–Crippen LogP) is 19.4. The van der Waals surface area contributed by atoms with Crippen LogP contribution in [0.25, 0.3) is 54.6 Å². The minimum Gasteiger partial charge on any atom is -0.310 e. The van der Waals surface area contributed by atoms with Crippen LogP contribution in [0.1, 0.15) is 90.1 Å². The Kier molecular flexibility index (Phi) is 11.1. The third kappa shape index (κ3) is 8.21. The quantitative estimate of drug-likeness (QED) is 0.140. The van der Waals surface area contributed by atoms with Crippen LogP contribution in [0.4, 0.5) is 34.1 Å². The van der Waals surface area contributed by atoms with Gasteiger partial charge in [-0.15, -0.1) is 0 Å². The van der Waals surface area contributed by atoms with Gasteiger partial charge in [0.15, 0.2) is 0 Å². The van der Waals surface area contributed by atoms with E-state index in [-0.39, 0.29) is 16.2 Å². The van der Waals surface area contributed by atoms with E-state index in [0.717, 1.165) is 34.1 Å². The van der Waals surface area contributed by atoms with E-state index in [1.165, 1.54) is 82.4 Å². The van der Waals surface area contributed by atoms with Crippen LogP contribution in [0.15, 0.2) is 188 Å². The normalized spacial score (nSPS) is 12.3. The lowest BCUT2D eigenvalue weighted by molar-refractivity contribution is 0.590. The Morgan fingerprint density at radius 3 is 1.03 bits per heavy atom. The summed E-state index contributed by atoms with van der Waals surface area (Å²) in [5, 5.41) is 7.52. The van der Waals surface area contributed by atoms with Gasteiger partial charge in [0.05, 0.1) is 11.4 Å². The average Bonchev–Trinajstić information content (AvgIpc) is 3.32. The van der Waals surface area contributed by atoms with Gasteiger partial charge in [-0.3, -0.25) is 0 Å². The first-order valence-electron chi connectivity index (χ1n) is 24.3. The highest BCUT2D eigenvalue weighted by atomic mass is 15.2. The number of benzene rings is 10. The molecule has 10 rings (SSSR count). The maximum Gasteiger partial charge on any atom is 0.0561 e. The SMILES string of the molecule is Cc1ccc(-c2ccc(C(C)(C)C)cc2)cc1N(c1ccccc1)c1cc(N(c2ccccc2)c2cc(-c3ccc(C(C)(C)C)cc3)ccc2C)c2ccc3cc(C(C)(C)C)cc4ccc1c2c43. The van der Waals surface area contributed by atoms with Crippen LogP contribution in [0.5, 0.6) is 0 Å². The van der Waals surface area contributed by atoms with E-state index >= 15 is 0 Å². The number of rotatable bonds is 8. The minimum atomic E-state index is 0.000207. The summed E-state index contributed by atoms with van der Waals surface area (Å²) < 4.78 is 0. The zero-order valence-electron chi connectivity index (χ0n) is 41.8. The van der Waals surface area contributed by atoms with Crippen molar-refractivity contribution in [3.05, 3.63) is 216 Å². The van der Waals surface area contributed by atoms with E-state index in [2.05, 4.69) is 274 Å². The van der Waals surface area contributed by atoms with Crippen LogP contribution in [-0.2, 0) is 16.2 Å². The van der Waals surface area contributed by atoms with Crippen molar-refractivity contribution >= 4 is 66.4 Å². The lowest BCUT2D eigenvalue weighted by atomic mass is 9.83. The molecule has 2 nitrogen and oxygen atoms in total. The molecule has 0 aliphatic rings. The van der Waals surface area contributed by atoms with Gasteiger partial charge >= 0.3 is 0 Å². The van der Waals surface area contributed by atoms with Crippen LogP contribution in [-0.4, -0.2) is 0 Å². The van der Waals surface area contributed by atoms with Crippen molar-refractivity contribution < 1.29 is 0 Å². The van der Waals surface area contributed by atoms with E-state index in [1.54, 1.807) is 0 Å². The number of anilines is 6. The molecule has 338 valence electrons. The number of hydrogen-bond acceptors (Lipinski definition) is 2. The molecular weight excluding hydrogens is 821 g/mol. The lowest BCUT2D eigenvalue weighted by Crippen LogP contribution is -2.16. The molecule has 0 aromatic heterocycles. The molecule has 0 unspecified atom stereocenters. The smallest absolute Gasteiger partial charge is 0.0561 e. The van der Waals surface area contributed by atoms with Crippen LogP contribution in [0, 0.1) is 13.8 Å². The first-order chi connectivity index (χ1) is 32.4. The van der Waals surface area contributed by atoms with E-state index in [4.69, 9.17) is 0 Å². The third-order valence-electron chi connectivity index (χ3n) is 14.1. The van der Waals surface area contributed by atoms with Crippen LogP contribution < -0.4 is 9.80 Å². The maximum absolute atomic E-state index is 2.52. The summed E-state index contributed by atoms with van der Waals surface area (Å²) in [6, 6.07) is 71.0. The zero-order valence-corrected chi connectivity index (χ0v) is 41.8. The van der Waals surface area contributed by atoms with Crippen LogP contribution in [0.2, 0.25) is 0 Å². The number of hydrogen-bond donors (Lipinski definition) is 0. The number of para-hydroxylation sites is 2. The molecule has 0 saturated carbocycles. The fourth-order valence-electron chi connectivity index (χ4n) is 10.0. The van der Waals surface area contributed by atoms with Gasteiger partial charge in [-0.25, -0.2) is 0 Å². The molecule has 0 heterocycles. The molecule has 0 aliphatic heterocycles. The van der Waals surface area contributed by atoms with E-state index < -0.39 is 0 Å². The van der Waals surface area contributed by atoms with Gasteiger partial charge in [-0.1, -0.05) is 208 Å². The monoisotopic (exact) mass is 885 g/mol. The molecule has 0 spiro atoms. The topological polar surface area (TPSA) is 6.48 Å². The summed E-state index contributed by atoms with van der Waals surface area (Å²) in [6.45, 7) is 25.1. The maximum atomic E-state index is 2.52. The summed E-state index contributed by atoms with van der Waals surface area (Å²) in [7, 11) is 0. The van der Waals surface area contributed by atoms with Crippen molar-refractivity contribution in [3.8, 4) is 22.3 Å². The summed E-state index contributed by atoms with van der Waals surface area (Å²) in [5.74, 6) is 0. The van der Waals surface area contributed by atoms with Gasteiger partial charge < -0.3 is 9.80 Å². The number of aryl methyl sites for hydroxylation is 2. The van der Waals surface area contributed by atoms with Gasteiger partial charge in [0.25, 0.3) is 0 Å². The molecule has 0 bridgehead atoms. The van der Waals surface area contributed by atoms with Gasteiger partial charge in [0.2, 0.25) is 0 Å². The van der Waals surface area contributed by atoms with Crippen molar-refractivity contribution in [3.63, 3.8) is 0 Å². The average molecular weight is 885 g/mol. The second-order valence-corrected chi connectivity index (χ2v) is 22.1. The van der Waals surface area contributed by atoms with E-state index in [1.807, 2.05) is 0 Å². The fraction of sp³-hybridized carbons (Fsp3) is 0.212. The van der Waals surface area contributed by atoms with E-state index in [9.17, 15) is 0 Å². The van der Waals surface area contributed by atoms with Gasteiger partial charge in [-0.2, -0.15) is 0 Å². The van der Waals surface area contributed by atoms with Gasteiger partial charge in [0.1, 0.15) is 0 Å². The Labute approximate surface area is 404 Å². The molecule has 10 aromatic rings. The second kappa shape index (κ2) is 16.9. The lowest BCUT2D eigenvalue weighted by Gasteiger charge is -2.34. The van der Waals surface area contributed by atoms with E-state index in [0.29, 0.717) is 0 Å². The van der Waals surface area contributed by atoms with Crippen LogP contribution >= 0.6 is 0 Å². The molecule has 10 aromatic carbocycles. The van der Waals surface area contributed by atoms with Crippen LogP contribution in [0.3, 0.4) is 0 Å². The molecule has 0 aliphatic carbocycles. The highest BCUT2D eigenvalue weighted by Gasteiger charge is 2.27. The number of nitrogens with zero attached hydrogens (tertiary/aromatic N) is 2. The van der Waals surface area contributed by atoms with Crippen molar-refractivity contribution in [1.82, 2.24) is 0 Å². The first kappa shape index (κ1) is 44.7. The minimum absolute atomic E-state index is 0.000207. The van der Waals surface area contributed by atoms with Crippen molar-refractivity contribution in [1.29, 1.82) is 0 Å². The molecule has 0 amide bonds. The Hall–Kier alpha value is -7.16. The Bertz CT molecular complexity index is 3210. The zero-order chi connectivity index (χ0) is 47.7. The van der Waals surface area contributed by atoms with Gasteiger partial charge in [0, 0.05) is 38.9 Å². The molecule has 0 fully saturated rings. The molecule has 0 N–H and O–H groups in total. The van der Waals surface area contributed by atoms with Crippen molar-refractivity contribution in [2.45, 2.75) is 92.4 Å². The molecular formula is C66H64N2. The summed E-state index contributed by atoms with van der Waals surface area (Å²) >= 11 is 0. The highest BCUT2D eigenvalue weighted by molar-refractivity contribution is 6.29. The predicted molar refractivity (Wildman–Crippen MR) is 296 cm³/mol. The van der Waals surface area contributed by atoms with Crippen molar-refractivity contribution in [2.24, 2.45) is 0 Å². The molecule has 68 heavy (non-hydrogen) atoms. The highest BCUT2D eigenvalue weighted by Crippen LogP contribution is 2.52. The molecule has 0 radical (unpaired) electrons. The Balaban J connectivity index is 1.28. The molecule has 2 heteroatoms. The second-order valence-electron chi connectivity index (χ2n) is 22.1. The largest absolute Gasteiger partial charge is 0.310 e. The summed E-state index contributed by atoms with van der Waals surface area (Å²) in [4.78, 5) is 5.03. The molecule has 0 atom stereocenters.